The minimum absolute atomic E-state index is 0.935. The van der Waals surface area contributed by atoms with Crippen LogP contribution in [0.4, 0.5) is 0 Å². The van der Waals surface area contributed by atoms with Crippen molar-refractivity contribution in [3.8, 4) is 0 Å². The van der Waals surface area contributed by atoms with Gasteiger partial charge in [-0.05, 0) is 31.0 Å². The zero-order chi connectivity index (χ0) is 13.5. The Morgan fingerprint density at radius 1 is 0.950 bits per heavy atom. The van der Waals surface area contributed by atoms with Crippen LogP contribution in [0.2, 0.25) is 0 Å². The molecule has 0 saturated heterocycles. The van der Waals surface area contributed by atoms with Crippen molar-refractivity contribution in [2.24, 2.45) is 0 Å². The van der Waals surface area contributed by atoms with Gasteiger partial charge in [0.25, 0.3) is 0 Å². The second-order valence-electron chi connectivity index (χ2n) is 5.51. The number of hydrogen-bond acceptors (Lipinski definition) is 0. The Kier molecular flexibility index (Phi) is 2.53. The molecule has 0 spiro atoms. The molecule has 0 radical (unpaired) electrons. The van der Waals surface area contributed by atoms with Crippen LogP contribution >= 0.6 is 0 Å². The van der Waals surface area contributed by atoms with Crippen molar-refractivity contribution < 1.29 is 0 Å². The molecule has 98 valence electrons. The standard InChI is InChI=1S/C19H17N/c1-14-12-15-8-4-2-3-7-11-20-18-10-6-5-9-16(18)17(13-14)19(15)20/h2-7,9-10,12-13H,8,11H2,1H3/b4-2-,7-3-. The minimum atomic E-state index is 0.935. The maximum Gasteiger partial charge on any atom is 0.0530 e. The van der Waals surface area contributed by atoms with Crippen molar-refractivity contribution in [3.05, 3.63) is 71.8 Å². The number of para-hydroxylation sites is 1. The molecule has 1 heteroatoms. The lowest BCUT2D eigenvalue weighted by Crippen LogP contribution is -1.97. The van der Waals surface area contributed by atoms with Crippen molar-refractivity contribution in [2.45, 2.75) is 19.9 Å². The van der Waals surface area contributed by atoms with Crippen molar-refractivity contribution in [3.63, 3.8) is 0 Å². The van der Waals surface area contributed by atoms with E-state index in [4.69, 9.17) is 0 Å². The Hall–Kier alpha value is -2.28. The molecule has 0 saturated carbocycles. The van der Waals surface area contributed by atoms with Gasteiger partial charge in [0.1, 0.15) is 0 Å². The van der Waals surface area contributed by atoms with Gasteiger partial charge in [-0.3, -0.25) is 0 Å². The number of aromatic nitrogens is 1. The maximum absolute atomic E-state index is 2.45. The highest BCUT2D eigenvalue weighted by atomic mass is 15.0. The van der Waals surface area contributed by atoms with Crippen LogP contribution in [0.1, 0.15) is 11.1 Å². The number of fused-ring (bicyclic) bond motifs is 3. The number of rotatable bonds is 0. The van der Waals surface area contributed by atoms with Gasteiger partial charge in [0.15, 0.2) is 0 Å². The predicted molar refractivity (Wildman–Crippen MR) is 86.2 cm³/mol. The molecule has 0 amide bonds. The molecule has 3 aromatic rings. The molecule has 1 aromatic heterocycles. The Morgan fingerprint density at radius 3 is 2.75 bits per heavy atom. The van der Waals surface area contributed by atoms with Gasteiger partial charge in [0, 0.05) is 22.8 Å². The summed E-state index contributed by atoms with van der Waals surface area (Å²) in [5.74, 6) is 0. The van der Waals surface area contributed by atoms with Crippen LogP contribution < -0.4 is 0 Å². The number of benzene rings is 2. The summed E-state index contributed by atoms with van der Waals surface area (Å²) in [5.41, 5.74) is 5.50. The molecular formula is C19H17N. The highest BCUT2D eigenvalue weighted by Gasteiger charge is 2.13. The molecule has 0 aliphatic carbocycles. The SMILES string of the molecule is Cc1cc2c3c(c1)c1ccccc1n3C/C=C\C=C/C2. The van der Waals surface area contributed by atoms with Crippen molar-refractivity contribution in [1.29, 1.82) is 0 Å². The maximum atomic E-state index is 2.45. The Balaban J connectivity index is 2.22. The van der Waals surface area contributed by atoms with Crippen LogP contribution in [0.3, 0.4) is 0 Å². The number of allylic oxidation sites excluding steroid dienone is 4. The number of aryl methyl sites for hydroxylation is 1. The second kappa shape index (κ2) is 4.38. The molecule has 4 rings (SSSR count). The van der Waals surface area contributed by atoms with Gasteiger partial charge in [-0.2, -0.15) is 0 Å². The molecular weight excluding hydrogens is 242 g/mol. The average molecular weight is 259 g/mol. The van der Waals surface area contributed by atoms with E-state index in [9.17, 15) is 0 Å². The van der Waals surface area contributed by atoms with Gasteiger partial charge in [0.05, 0.1) is 5.52 Å². The Labute approximate surface area is 118 Å². The van der Waals surface area contributed by atoms with Crippen LogP contribution in [-0.2, 0) is 13.0 Å². The van der Waals surface area contributed by atoms with Crippen molar-refractivity contribution in [1.82, 2.24) is 4.57 Å². The molecule has 0 fully saturated rings. The third-order valence-electron chi connectivity index (χ3n) is 4.10. The smallest absolute Gasteiger partial charge is 0.0530 e. The average Bonchev–Trinajstić information content (AvgIpc) is 2.81. The van der Waals surface area contributed by atoms with E-state index in [1.165, 1.54) is 32.9 Å². The monoisotopic (exact) mass is 259 g/mol. The Morgan fingerprint density at radius 2 is 1.80 bits per heavy atom. The quantitative estimate of drug-likeness (QED) is 0.548. The minimum Gasteiger partial charge on any atom is -0.336 e. The summed E-state index contributed by atoms with van der Waals surface area (Å²) in [6, 6.07) is 13.4. The van der Waals surface area contributed by atoms with Gasteiger partial charge in [-0.15, -0.1) is 0 Å². The lowest BCUT2D eigenvalue weighted by molar-refractivity contribution is 0.894. The molecule has 1 aliphatic heterocycles. The summed E-state index contributed by atoms with van der Waals surface area (Å²) in [6.07, 6.45) is 9.79. The van der Waals surface area contributed by atoms with Crippen LogP contribution in [0, 0.1) is 6.92 Å². The normalized spacial score (nSPS) is 17.6. The van der Waals surface area contributed by atoms with E-state index in [1.54, 1.807) is 0 Å². The zero-order valence-electron chi connectivity index (χ0n) is 11.6. The van der Waals surface area contributed by atoms with Crippen LogP contribution in [0.25, 0.3) is 21.8 Å². The number of hydrogen-bond donors (Lipinski definition) is 0. The van der Waals surface area contributed by atoms with Gasteiger partial charge >= 0.3 is 0 Å². The summed E-state index contributed by atoms with van der Waals surface area (Å²) in [4.78, 5) is 0. The third kappa shape index (κ3) is 1.63. The van der Waals surface area contributed by atoms with Gasteiger partial charge in [0.2, 0.25) is 0 Å². The first kappa shape index (κ1) is 11.5. The third-order valence-corrected chi connectivity index (χ3v) is 4.10. The molecule has 0 unspecified atom stereocenters. The van der Waals surface area contributed by atoms with E-state index in [2.05, 4.69) is 72.2 Å². The first-order valence-corrected chi connectivity index (χ1v) is 7.17. The van der Waals surface area contributed by atoms with E-state index in [-0.39, 0.29) is 0 Å². The zero-order valence-corrected chi connectivity index (χ0v) is 11.6. The van der Waals surface area contributed by atoms with E-state index >= 15 is 0 Å². The van der Waals surface area contributed by atoms with Crippen molar-refractivity contribution >= 4 is 21.8 Å². The summed E-state index contributed by atoms with van der Waals surface area (Å²) in [5, 5.41) is 2.75. The predicted octanol–water partition coefficient (Wildman–Crippen LogP) is 4.77. The molecule has 1 nitrogen and oxygen atoms in total. The molecule has 20 heavy (non-hydrogen) atoms. The molecule has 2 aromatic carbocycles. The number of nitrogens with zero attached hydrogens (tertiary/aromatic N) is 1. The van der Waals surface area contributed by atoms with E-state index < -0.39 is 0 Å². The molecule has 0 bridgehead atoms. The van der Waals surface area contributed by atoms with E-state index in [1.807, 2.05) is 0 Å². The molecule has 0 atom stereocenters. The van der Waals surface area contributed by atoms with Gasteiger partial charge in [-0.1, -0.05) is 54.1 Å². The molecule has 2 heterocycles. The lowest BCUT2D eigenvalue weighted by atomic mass is 10.0. The molecule has 1 aliphatic rings. The summed E-state index contributed by atoms with van der Waals surface area (Å²) < 4.78 is 2.45. The summed E-state index contributed by atoms with van der Waals surface area (Å²) in [6.45, 7) is 3.13. The topological polar surface area (TPSA) is 4.93 Å². The first-order chi connectivity index (χ1) is 9.84. The second-order valence-corrected chi connectivity index (χ2v) is 5.51. The highest BCUT2D eigenvalue weighted by molar-refractivity contribution is 6.09. The van der Waals surface area contributed by atoms with Gasteiger partial charge in [-0.25, -0.2) is 0 Å². The fourth-order valence-electron chi connectivity index (χ4n) is 3.30. The fourth-order valence-corrected chi connectivity index (χ4v) is 3.30. The summed E-state index contributed by atoms with van der Waals surface area (Å²) in [7, 11) is 0. The van der Waals surface area contributed by atoms with Gasteiger partial charge < -0.3 is 4.57 Å². The lowest BCUT2D eigenvalue weighted by Gasteiger charge is -2.08. The fraction of sp³-hybridized carbons (Fsp3) is 0.158. The first-order valence-electron chi connectivity index (χ1n) is 7.17. The van der Waals surface area contributed by atoms with Crippen LogP contribution in [-0.4, -0.2) is 4.57 Å². The van der Waals surface area contributed by atoms with E-state index in [0.29, 0.717) is 0 Å². The largest absolute Gasteiger partial charge is 0.336 e. The summed E-state index contributed by atoms with van der Waals surface area (Å²) >= 11 is 0. The van der Waals surface area contributed by atoms with Crippen LogP contribution in [0.5, 0.6) is 0 Å². The molecule has 0 N–H and O–H groups in total. The Bertz CT molecular complexity index is 862. The van der Waals surface area contributed by atoms with E-state index in [0.717, 1.165) is 13.0 Å². The van der Waals surface area contributed by atoms with Crippen molar-refractivity contribution in [2.75, 3.05) is 0 Å². The van der Waals surface area contributed by atoms with Crippen LogP contribution in [0.15, 0.2) is 60.7 Å². The highest BCUT2D eigenvalue weighted by Crippen LogP contribution is 2.33.